The highest BCUT2D eigenvalue weighted by molar-refractivity contribution is 5.86. The van der Waals surface area contributed by atoms with Crippen molar-refractivity contribution in [2.24, 2.45) is 5.73 Å². The standard InChI is InChI=1S/C7H12N2O4/c8-6(10)3-9-7(11)5-4-12-1-2-13-5/h5H,1-4H2,(H2,8,10)(H,9,11). The molecule has 74 valence electrons. The van der Waals surface area contributed by atoms with Crippen LogP contribution >= 0.6 is 0 Å². The number of nitrogens with one attached hydrogen (secondary N) is 1. The predicted molar refractivity (Wildman–Crippen MR) is 42.8 cm³/mol. The fourth-order valence-corrected chi connectivity index (χ4v) is 0.927. The number of carbonyl (C=O) groups is 2. The van der Waals surface area contributed by atoms with Crippen LogP contribution in [0.25, 0.3) is 0 Å². The molecule has 0 aromatic carbocycles. The number of rotatable bonds is 3. The molecule has 1 atom stereocenters. The van der Waals surface area contributed by atoms with Gasteiger partial charge in [0.15, 0.2) is 6.10 Å². The van der Waals surface area contributed by atoms with E-state index >= 15 is 0 Å². The van der Waals surface area contributed by atoms with Crippen LogP contribution < -0.4 is 11.1 Å². The highest BCUT2D eigenvalue weighted by Gasteiger charge is 2.22. The normalized spacial score (nSPS) is 22.3. The molecule has 0 aromatic heterocycles. The molecule has 1 unspecified atom stereocenters. The van der Waals surface area contributed by atoms with Crippen molar-refractivity contribution in [2.75, 3.05) is 26.4 Å². The van der Waals surface area contributed by atoms with E-state index in [0.717, 1.165) is 0 Å². The van der Waals surface area contributed by atoms with Crippen molar-refractivity contribution >= 4 is 11.8 Å². The monoisotopic (exact) mass is 188 g/mol. The molecule has 6 heteroatoms. The Kier molecular flexibility index (Phi) is 3.66. The number of hydrogen-bond donors (Lipinski definition) is 2. The summed E-state index contributed by atoms with van der Waals surface area (Å²) in [6.07, 6.45) is -0.618. The third-order valence-corrected chi connectivity index (χ3v) is 1.55. The van der Waals surface area contributed by atoms with Gasteiger partial charge in [-0.2, -0.15) is 0 Å². The van der Waals surface area contributed by atoms with E-state index in [1.807, 2.05) is 0 Å². The number of hydrogen-bond acceptors (Lipinski definition) is 4. The van der Waals surface area contributed by atoms with Crippen LogP contribution in [0.5, 0.6) is 0 Å². The summed E-state index contributed by atoms with van der Waals surface area (Å²) < 4.78 is 10.1. The molecule has 1 aliphatic heterocycles. The van der Waals surface area contributed by atoms with E-state index in [4.69, 9.17) is 15.2 Å². The van der Waals surface area contributed by atoms with Crippen LogP contribution in [0, 0.1) is 0 Å². The molecular formula is C7H12N2O4. The minimum atomic E-state index is -0.618. The van der Waals surface area contributed by atoms with Crippen LogP contribution in [-0.4, -0.2) is 44.3 Å². The Bertz CT molecular complexity index is 201. The van der Waals surface area contributed by atoms with Crippen LogP contribution in [0.2, 0.25) is 0 Å². The topological polar surface area (TPSA) is 90.7 Å². The molecule has 1 aliphatic rings. The summed E-state index contributed by atoms with van der Waals surface area (Å²) >= 11 is 0. The van der Waals surface area contributed by atoms with Crippen molar-refractivity contribution < 1.29 is 19.1 Å². The highest BCUT2D eigenvalue weighted by Crippen LogP contribution is 1.99. The Hall–Kier alpha value is -1.14. The van der Waals surface area contributed by atoms with E-state index in [0.29, 0.717) is 13.2 Å². The smallest absolute Gasteiger partial charge is 0.251 e. The average molecular weight is 188 g/mol. The van der Waals surface area contributed by atoms with E-state index in [-0.39, 0.29) is 19.1 Å². The summed E-state index contributed by atoms with van der Waals surface area (Å²) in [6, 6.07) is 0. The number of amides is 2. The first kappa shape index (κ1) is 9.94. The van der Waals surface area contributed by atoms with E-state index in [9.17, 15) is 9.59 Å². The summed E-state index contributed by atoms with van der Waals surface area (Å²) in [6.45, 7) is 0.956. The molecular weight excluding hydrogens is 176 g/mol. The molecule has 1 fully saturated rings. The van der Waals surface area contributed by atoms with Crippen molar-refractivity contribution in [3.63, 3.8) is 0 Å². The minimum Gasteiger partial charge on any atom is -0.376 e. The molecule has 1 rings (SSSR count). The lowest BCUT2D eigenvalue weighted by molar-refractivity contribution is -0.148. The molecule has 6 nitrogen and oxygen atoms in total. The average Bonchev–Trinajstić information content (AvgIpc) is 2.15. The minimum absolute atomic E-state index is 0.168. The van der Waals surface area contributed by atoms with Crippen LogP contribution in [0.15, 0.2) is 0 Å². The second-order valence-corrected chi connectivity index (χ2v) is 2.62. The molecule has 13 heavy (non-hydrogen) atoms. The summed E-state index contributed by atoms with van der Waals surface area (Å²) in [5.41, 5.74) is 4.84. The summed E-state index contributed by atoms with van der Waals surface area (Å²) in [5, 5.41) is 2.33. The largest absolute Gasteiger partial charge is 0.376 e. The molecule has 1 heterocycles. The lowest BCUT2D eigenvalue weighted by Gasteiger charge is -2.21. The van der Waals surface area contributed by atoms with Crippen LogP contribution in [0.3, 0.4) is 0 Å². The van der Waals surface area contributed by atoms with E-state index < -0.39 is 12.0 Å². The Morgan fingerprint density at radius 1 is 1.46 bits per heavy atom. The Morgan fingerprint density at radius 3 is 2.77 bits per heavy atom. The third kappa shape index (κ3) is 3.39. The molecule has 0 aliphatic carbocycles. The zero-order valence-electron chi connectivity index (χ0n) is 7.12. The third-order valence-electron chi connectivity index (χ3n) is 1.55. The zero-order chi connectivity index (χ0) is 9.68. The highest BCUT2D eigenvalue weighted by atomic mass is 16.6. The maximum atomic E-state index is 11.2. The van der Waals surface area contributed by atoms with Crippen molar-refractivity contribution in [2.45, 2.75) is 6.10 Å². The summed E-state index contributed by atoms with van der Waals surface area (Å²) in [7, 11) is 0. The van der Waals surface area contributed by atoms with Gasteiger partial charge in [0.1, 0.15) is 0 Å². The number of nitrogens with two attached hydrogens (primary N) is 1. The quantitative estimate of drug-likeness (QED) is 0.536. The van der Waals surface area contributed by atoms with E-state index in [1.165, 1.54) is 0 Å². The Morgan fingerprint density at radius 2 is 2.23 bits per heavy atom. The van der Waals surface area contributed by atoms with Gasteiger partial charge in [0.2, 0.25) is 5.91 Å². The molecule has 0 saturated carbocycles. The van der Waals surface area contributed by atoms with Crippen LogP contribution in [0.1, 0.15) is 0 Å². The van der Waals surface area contributed by atoms with E-state index in [2.05, 4.69) is 5.32 Å². The Balaban J connectivity index is 2.25. The molecule has 0 bridgehead atoms. The van der Waals surface area contributed by atoms with E-state index in [1.54, 1.807) is 0 Å². The predicted octanol–water partition coefficient (Wildman–Crippen LogP) is -2.00. The second kappa shape index (κ2) is 4.78. The van der Waals surface area contributed by atoms with Crippen molar-refractivity contribution in [1.82, 2.24) is 5.32 Å². The molecule has 0 radical (unpaired) electrons. The van der Waals surface area contributed by atoms with Gasteiger partial charge in [-0.15, -0.1) is 0 Å². The van der Waals surface area contributed by atoms with Gasteiger partial charge in [-0.1, -0.05) is 0 Å². The van der Waals surface area contributed by atoms with Gasteiger partial charge in [0.05, 0.1) is 26.4 Å². The fraction of sp³-hybridized carbons (Fsp3) is 0.714. The zero-order valence-corrected chi connectivity index (χ0v) is 7.12. The fourth-order valence-electron chi connectivity index (χ4n) is 0.927. The van der Waals surface area contributed by atoms with Gasteiger partial charge in [0.25, 0.3) is 5.91 Å². The van der Waals surface area contributed by atoms with Gasteiger partial charge in [0, 0.05) is 0 Å². The molecule has 3 N–H and O–H groups in total. The Labute approximate surface area is 75.4 Å². The van der Waals surface area contributed by atoms with Gasteiger partial charge in [-0.25, -0.2) is 0 Å². The van der Waals surface area contributed by atoms with Crippen molar-refractivity contribution in [1.29, 1.82) is 0 Å². The number of primary amides is 1. The van der Waals surface area contributed by atoms with Crippen LogP contribution in [-0.2, 0) is 19.1 Å². The lowest BCUT2D eigenvalue weighted by atomic mass is 10.3. The van der Waals surface area contributed by atoms with Crippen molar-refractivity contribution in [3.05, 3.63) is 0 Å². The second-order valence-electron chi connectivity index (χ2n) is 2.62. The molecule has 0 aromatic rings. The van der Waals surface area contributed by atoms with Gasteiger partial charge in [-0.05, 0) is 0 Å². The SMILES string of the molecule is NC(=O)CNC(=O)C1COCCO1. The number of ether oxygens (including phenoxy) is 2. The first-order chi connectivity index (χ1) is 6.20. The lowest BCUT2D eigenvalue weighted by Crippen LogP contribution is -2.45. The molecule has 2 amide bonds. The molecule has 0 spiro atoms. The maximum absolute atomic E-state index is 11.2. The van der Waals surface area contributed by atoms with Gasteiger partial charge >= 0.3 is 0 Å². The first-order valence-corrected chi connectivity index (χ1v) is 3.95. The summed E-state index contributed by atoms with van der Waals surface area (Å²) in [5.74, 6) is -0.941. The summed E-state index contributed by atoms with van der Waals surface area (Å²) in [4.78, 5) is 21.5. The van der Waals surface area contributed by atoms with Crippen LogP contribution in [0.4, 0.5) is 0 Å². The molecule has 1 saturated heterocycles. The number of carbonyl (C=O) groups excluding carboxylic acids is 2. The van der Waals surface area contributed by atoms with Crippen molar-refractivity contribution in [3.8, 4) is 0 Å². The van der Waals surface area contributed by atoms with Gasteiger partial charge < -0.3 is 20.5 Å². The maximum Gasteiger partial charge on any atom is 0.251 e. The van der Waals surface area contributed by atoms with Gasteiger partial charge in [-0.3, -0.25) is 9.59 Å². The first-order valence-electron chi connectivity index (χ1n) is 3.95.